The van der Waals surface area contributed by atoms with Crippen LogP contribution >= 0.6 is 0 Å². The molecular weight excluding hydrogens is 437 g/mol. The van der Waals surface area contributed by atoms with Crippen molar-refractivity contribution in [1.82, 2.24) is 10.9 Å². The molecular formula is C24H21F3N2O4. The van der Waals surface area contributed by atoms with E-state index in [1.165, 1.54) is 24.3 Å². The van der Waals surface area contributed by atoms with Crippen molar-refractivity contribution in [2.45, 2.75) is 12.8 Å². The molecule has 0 saturated carbocycles. The molecule has 6 nitrogen and oxygen atoms in total. The van der Waals surface area contributed by atoms with Crippen LogP contribution in [0.1, 0.15) is 15.9 Å². The summed E-state index contributed by atoms with van der Waals surface area (Å²) in [4.78, 5) is 24.3. The van der Waals surface area contributed by atoms with E-state index in [0.717, 1.165) is 11.1 Å². The monoisotopic (exact) mass is 458 g/mol. The van der Waals surface area contributed by atoms with Crippen LogP contribution in [0.3, 0.4) is 0 Å². The lowest BCUT2D eigenvalue weighted by atomic mass is 10.1. The lowest BCUT2D eigenvalue weighted by Gasteiger charge is -2.12. The number of carbonyl (C=O) groups excluding carboxylic acids is 2. The van der Waals surface area contributed by atoms with Crippen LogP contribution in [0.15, 0.2) is 78.9 Å². The SMILES string of the molecule is O=C(COc1ccccc1-c1ccccc1)NNC(=O)c1ccc(COCC(F)(F)F)cc1. The fourth-order valence-electron chi connectivity index (χ4n) is 2.86. The number of nitrogens with one attached hydrogen (secondary N) is 2. The number of hydrazine groups is 1. The molecule has 0 spiro atoms. The van der Waals surface area contributed by atoms with Crippen LogP contribution in [0.25, 0.3) is 11.1 Å². The molecule has 172 valence electrons. The van der Waals surface area contributed by atoms with Gasteiger partial charge < -0.3 is 9.47 Å². The minimum Gasteiger partial charge on any atom is -0.483 e. The summed E-state index contributed by atoms with van der Waals surface area (Å²) in [7, 11) is 0. The van der Waals surface area contributed by atoms with Gasteiger partial charge in [-0.2, -0.15) is 13.2 Å². The quantitative estimate of drug-likeness (QED) is 0.495. The second-order valence-corrected chi connectivity index (χ2v) is 6.96. The Bertz CT molecular complexity index is 1070. The second-order valence-electron chi connectivity index (χ2n) is 6.96. The number of hydrogen-bond donors (Lipinski definition) is 2. The van der Waals surface area contributed by atoms with Gasteiger partial charge in [-0.3, -0.25) is 20.4 Å². The highest BCUT2D eigenvalue weighted by Crippen LogP contribution is 2.29. The summed E-state index contributed by atoms with van der Waals surface area (Å²) in [5.74, 6) is -0.632. The largest absolute Gasteiger partial charge is 0.483 e. The molecule has 0 heterocycles. The average Bonchev–Trinajstić information content (AvgIpc) is 2.81. The number of benzene rings is 3. The van der Waals surface area contributed by atoms with Gasteiger partial charge in [-0.1, -0.05) is 60.7 Å². The van der Waals surface area contributed by atoms with Crippen molar-refractivity contribution in [1.29, 1.82) is 0 Å². The first-order valence-electron chi connectivity index (χ1n) is 9.92. The van der Waals surface area contributed by atoms with Gasteiger partial charge in [0, 0.05) is 11.1 Å². The van der Waals surface area contributed by atoms with Crippen molar-refractivity contribution >= 4 is 11.8 Å². The highest BCUT2D eigenvalue weighted by atomic mass is 19.4. The highest BCUT2D eigenvalue weighted by Gasteiger charge is 2.27. The van der Waals surface area contributed by atoms with E-state index in [9.17, 15) is 22.8 Å². The maximum atomic E-state index is 12.2. The predicted molar refractivity (Wildman–Crippen MR) is 115 cm³/mol. The third-order valence-electron chi connectivity index (χ3n) is 4.40. The van der Waals surface area contributed by atoms with Gasteiger partial charge in [-0.05, 0) is 29.3 Å². The average molecular weight is 458 g/mol. The fraction of sp³-hybridized carbons (Fsp3) is 0.167. The molecule has 0 aromatic heterocycles. The standard InChI is InChI=1S/C24H21F3N2O4/c25-24(26,27)16-32-14-17-10-12-19(13-11-17)23(31)29-28-22(30)15-33-21-9-5-4-8-20(21)18-6-2-1-3-7-18/h1-13H,14-16H2,(H,28,30)(H,29,31). The van der Waals surface area contributed by atoms with Gasteiger partial charge in [0.1, 0.15) is 12.4 Å². The van der Waals surface area contributed by atoms with Gasteiger partial charge in [0.05, 0.1) is 6.61 Å². The molecule has 9 heteroatoms. The van der Waals surface area contributed by atoms with Crippen molar-refractivity contribution in [2.24, 2.45) is 0 Å². The van der Waals surface area contributed by atoms with Gasteiger partial charge in [0.2, 0.25) is 0 Å². The zero-order valence-corrected chi connectivity index (χ0v) is 17.4. The molecule has 0 unspecified atom stereocenters. The highest BCUT2D eigenvalue weighted by molar-refractivity contribution is 5.95. The van der Waals surface area contributed by atoms with Gasteiger partial charge >= 0.3 is 6.18 Å². The van der Waals surface area contributed by atoms with Crippen LogP contribution < -0.4 is 15.6 Å². The number of amides is 2. The van der Waals surface area contributed by atoms with E-state index in [-0.39, 0.29) is 18.8 Å². The van der Waals surface area contributed by atoms with Gasteiger partial charge in [0.15, 0.2) is 6.61 Å². The van der Waals surface area contributed by atoms with Gasteiger partial charge in [0.25, 0.3) is 11.8 Å². The molecule has 0 saturated heterocycles. The van der Waals surface area contributed by atoms with Crippen molar-refractivity contribution in [3.63, 3.8) is 0 Å². The zero-order valence-electron chi connectivity index (χ0n) is 17.4. The van der Waals surface area contributed by atoms with Crippen LogP contribution in [0.4, 0.5) is 13.2 Å². The van der Waals surface area contributed by atoms with E-state index in [1.807, 2.05) is 42.5 Å². The molecule has 3 rings (SSSR count). The molecule has 0 atom stereocenters. The van der Waals surface area contributed by atoms with E-state index >= 15 is 0 Å². The smallest absolute Gasteiger partial charge is 0.411 e. The van der Waals surface area contributed by atoms with Crippen molar-refractivity contribution in [2.75, 3.05) is 13.2 Å². The lowest BCUT2D eigenvalue weighted by Crippen LogP contribution is -2.43. The number of para-hydroxylation sites is 1. The van der Waals surface area contributed by atoms with Crippen LogP contribution in [0.2, 0.25) is 0 Å². The summed E-state index contributed by atoms with van der Waals surface area (Å²) in [6.07, 6.45) is -4.40. The predicted octanol–water partition coefficient (Wildman–Crippen LogP) is 4.27. The molecule has 0 aliphatic heterocycles. The Morgan fingerprint density at radius 3 is 2.18 bits per heavy atom. The van der Waals surface area contributed by atoms with Crippen LogP contribution in [0.5, 0.6) is 5.75 Å². The van der Waals surface area contributed by atoms with Gasteiger partial charge in [-0.25, -0.2) is 0 Å². The minimum absolute atomic E-state index is 0.213. The number of carbonyl (C=O) groups is 2. The summed E-state index contributed by atoms with van der Waals surface area (Å²) in [6, 6.07) is 22.6. The Morgan fingerprint density at radius 2 is 1.48 bits per heavy atom. The Balaban J connectivity index is 1.46. The van der Waals surface area contributed by atoms with E-state index in [4.69, 9.17) is 4.74 Å². The molecule has 0 aliphatic carbocycles. The Hall–Kier alpha value is -3.85. The lowest BCUT2D eigenvalue weighted by molar-refractivity contribution is -0.176. The van der Waals surface area contributed by atoms with Crippen molar-refractivity contribution in [3.8, 4) is 16.9 Å². The topological polar surface area (TPSA) is 76.7 Å². The number of hydrogen-bond acceptors (Lipinski definition) is 4. The first kappa shape index (κ1) is 23.8. The fourth-order valence-corrected chi connectivity index (χ4v) is 2.86. The van der Waals surface area contributed by atoms with Crippen LogP contribution in [-0.4, -0.2) is 31.2 Å². The summed E-state index contributed by atoms with van der Waals surface area (Å²) in [5.41, 5.74) is 6.99. The third kappa shape index (κ3) is 7.65. The van der Waals surface area contributed by atoms with E-state index in [2.05, 4.69) is 15.6 Å². The van der Waals surface area contributed by atoms with Crippen molar-refractivity contribution < 1.29 is 32.2 Å². The summed E-state index contributed by atoms with van der Waals surface area (Å²) in [6.45, 7) is -1.90. The molecule has 3 aromatic rings. The maximum Gasteiger partial charge on any atom is 0.411 e. The number of ether oxygens (including phenoxy) is 2. The normalized spacial score (nSPS) is 11.0. The number of halogens is 3. The first-order valence-corrected chi connectivity index (χ1v) is 9.92. The summed E-state index contributed by atoms with van der Waals surface area (Å²) in [5, 5.41) is 0. The molecule has 0 bridgehead atoms. The van der Waals surface area contributed by atoms with E-state index in [0.29, 0.717) is 11.3 Å². The molecule has 33 heavy (non-hydrogen) atoms. The third-order valence-corrected chi connectivity index (χ3v) is 4.40. The Labute approximate surface area is 188 Å². The Kier molecular flexibility index (Phi) is 8.04. The van der Waals surface area contributed by atoms with Crippen LogP contribution in [-0.2, 0) is 16.1 Å². The van der Waals surface area contributed by atoms with Crippen LogP contribution in [0, 0.1) is 0 Å². The number of alkyl halides is 3. The molecule has 0 aliphatic rings. The molecule has 3 aromatic carbocycles. The Morgan fingerprint density at radius 1 is 0.818 bits per heavy atom. The molecule has 0 radical (unpaired) electrons. The van der Waals surface area contributed by atoms with E-state index < -0.39 is 24.6 Å². The number of rotatable bonds is 8. The summed E-state index contributed by atoms with van der Waals surface area (Å²) < 4.78 is 46.5. The zero-order chi connectivity index (χ0) is 23.7. The molecule has 0 fully saturated rings. The maximum absolute atomic E-state index is 12.2. The van der Waals surface area contributed by atoms with Crippen molar-refractivity contribution in [3.05, 3.63) is 90.0 Å². The minimum atomic E-state index is -4.40. The second kappa shape index (κ2) is 11.1. The molecule has 2 N–H and O–H groups in total. The van der Waals surface area contributed by atoms with Gasteiger partial charge in [-0.15, -0.1) is 0 Å². The van der Waals surface area contributed by atoms with E-state index in [1.54, 1.807) is 12.1 Å². The molecule has 2 amide bonds. The summed E-state index contributed by atoms with van der Waals surface area (Å²) >= 11 is 0. The first-order chi connectivity index (χ1) is 15.8.